The van der Waals surface area contributed by atoms with E-state index in [-0.39, 0.29) is 5.57 Å². The Morgan fingerprint density at radius 2 is 2.10 bits per heavy atom. The SMILES string of the molecule is C=CCNC=C(C#N)C#N. The number of allylic oxidation sites excluding steroid dienone is 1. The maximum Gasteiger partial charge on any atom is 0.145 e. The molecule has 0 fully saturated rings. The lowest BCUT2D eigenvalue weighted by atomic mass is 10.3. The Labute approximate surface area is 59.9 Å². The third kappa shape index (κ3) is 3.29. The Bertz CT molecular complexity index is 198. The molecule has 0 aromatic carbocycles. The fourth-order valence-electron chi connectivity index (χ4n) is 0.334. The van der Waals surface area contributed by atoms with Gasteiger partial charge in [0.2, 0.25) is 0 Å². The summed E-state index contributed by atoms with van der Waals surface area (Å²) in [4.78, 5) is 0. The minimum Gasteiger partial charge on any atom is -0.386 e. The molecule has 0 aliphatic carbocycles. The van der Waals surface area contributed by atoms with Gasteiger partial charge in [-0.25, -0.2) is 0 Å². The number of nitriles is 2. The number of hydrogen-bond donors (Lipinski definition) is 1. The van der Waals surface area contributed by atoms with E-state index in [0.717, 1.165) is 0 Å². The number of nitrogens with one attached hydrogen (secondary N) is 1. The normalized spacial score (nSPS) is 6.60. The first-order valence-electron chi connectivity index (χ1n) is 2.69. The van der Waals surface area contributed by atoms with Gasteiger partial charge in [0, 0.05) is 12.7 Å². The van der Waals surface area contributed by atoms with Crippen LogP contribution in [0, 0.1) is 22.7 Å². The molecule has 3 nitrogen and oxygen atoms in total. The Kier molecular flexibility index (Phi) is 4.46. The minimum atomic E-state index is 0.0712. The van der Waals surface area contributed by atoms with Crippen LogP contribution in [0.3, 0.4) is 0 Å². The monoisotopic (exact) mass is 133 g/mol. The fraction of sp³-hybridized carbons (Fsp3) is 0.143. The summed E-state index contributed by atoms with van der Waals surface area (Å²) in [7, 11) is 0. The lowest BCUT2D eigenvalue weighted by Gasteiger charge is -1.89. The van der Waals surface area contributed by atoms with Gasteiger partial charge < -0.3 is 5.32 Å². The van der Waals surface area contributed by atoms with Crippen LogP contribution in [-0.4, -0.2) is 6.54 Å². The van der Waals surface area contributed by atoms with Crippen LogP contribution >= 0.6 is 0 Å². The molecule has 1 N–H and O–H groups in total. The van der Waals surface area contributed by atoms with Gasteiger partial charge in [0.1, 0.15) is 17.7 Å². The molecule has 0 saturated heterocycles. The Morgan fingerprint density at radius 3 is 2.50 bits per heavy atom. The zero-order chi connectivity index (χ0) is 7.82. The molecule has 0 radical (unpaired) electrons. The molecule has 0 spiro atoms. The lowest BCUT2D eigenvalue weighted by molar-refractivity contribution is 0.982. The van der Waals surface area contributed by atoms with Gasteiger partial charge in [0.25, 0.3) is 0 Å². The summed E-state index contributed by atoms with van der Waals surface area (Å²) in [5.41, 5.74) is 0.0712. The van der Waals surface area contributed by atoms with E-state index in [0.29, 0.717) is 6.54 Å². The molecule has 0 saturated carbocycles. The Balaban J connectivity index is 3.81. The molecule has 0 aliphatic rings. The molecule has 10 heavy (non-hydrogen) atoms. The zero-order valence-corrected chi connectivity index (χ0v) is 5.46. The highest BCUT2D eigenvalue weighted by atomic mass is 14.8. The first-order valence-corrected chi connectivity index (χ1v) is 2.69. The van der Waals surface area contributed by atoms with Crippen molar-refractivity contribution in [1.29, 1.82) is 10.5 Å². The van der Waals surface area contributed by atoms with E-state index in [4.69, 9.17) is 10.5 Å². The summed E-state index contributed by atoms with van der Waals surface area (Å²) in [5, 5.41) is 19.1. The van der Waals surface area contributed by atoms with E-state index < -0.39 is 0 Å². The molecular weight excluding hydrogens is 126 g/mol. The van der Waals surface area contributed by atoms with E-state index in [9.17, 15) is 0 Å². The highest BCUT2D eigenvalue weighted by molar-refractivity contribution is 5.34. The second-order valence-corrected chi connectivity index (χ2v) is 1.48. The Hall–Kier alpha value is -1.74. The molecule has 3 heteroatoms. The van der Waals surface area contributed by atoms with Gasteiger partial charge in [-0.1, -0.05) is 6.08 Å². The van der Waals surface area contributed by atoms with Gasteiger partial charge in [-0.15, -0.1) is 6.58 Å². The molecule has 0 aromatic rings. The van der Waals surface area contributed by atoms with Crippen molar-refractivity contribution in [2.24, 2.45) is 0 Å². The van der Waals surface area contributed by atoms with Gasteiger partial charge in [-0.2, -0.15) is 10.5 Å². The van der Waals surface area contributed by atoms with Crippen LogP contribution < -0.4 is 5.32 Å². The molecule has 0 rings (SSSR count). The third-order valence-electron chi connectivity index (χ3n) is 0.749. The summed E-state index contributed by atoms with van der Waals surface area (Å²) in [6.45, 7) is 4.01. The molecule has 50 valence electrons. The van der Waals surface area contributed by atoms with Crippen molar-refractivity contribution in [3.63, 3.8) is 0 Å². The summed E-state index contributed by atoms with van der Waals surface area (Å²) < 4.78 is 0. The topological polar surface area (TPSA) is 59.6 Å². The van der Waals surface area contributed by atoms with Crippen molar-refractivity contribution >= 4 is 0 Å². The van der Waals surface area contributed by atoms with Gasteiger partial charge in [-0.3, -0.25) is 0 Å². The molecule has 0 atom stereocenters. The molecule has 0 unspecified atom stereocenters. The predicted octanol–water partition coefficient (Wildman–Crippen LogP) is 0.693. The summed E-state index contributed by atoms with van der Waals surface area (Å²) in [6.07, 6.45) is 3.00. The smallest absolute Gasteiger partial charge is 0.145 e. The maximum atomic E-state index is 8.22. The van der Waals surface area contributed by atoms with Crippen molar-refractivity contribution in [2.75, 3.05) is 6.54 Å². The van der Waals surface area contributed by atoms with Crippen LogP contribution in [0.2, 0.25) is 0 Å². The molecule has 0 aliphatic heterocycles. The lowest BCUT2D eigenvalue weighted by Crippen LogP contribution is -2.04. The number of rotatable bonds is 3. The average Bonchev–Trinajstić information content (AvgIpc) is 1.99. The molecule has 0 heterocycles. The fourth-order valence-corrected chi connectivity index (χ4v) is 0.334. The highest BCUT2D eigenvalue weighted by Crippen LogP contribution is 1.83. The van der Waals surface area contributed by atoms with Gasteiger partial charge >= 0.3 is 0 Å². The van der Waals surface area contributed by atoms with Crippen molar-refractivity contribution in [2.45, 2.75) is 0 Å². The van der Waals surface area contributed by atoms with Crippen LogP contribution in [0.5, 0.6) is 0 Å². The van der Waals surface area contributed by atoms with Crippen molar-refractivity contribution in [1.82, 2.24) is 5.32 Å². The number of hydrogen-bond acceptors (Lipinski definition) is 3. The predicted molar refractivity (Wildman–Crippen MR) is 37.5 cm³/mol. The van der Waals surface area contributed by atoms with Gasteiger partial charge in [-0.05, 0) is 0 Å². The van der Waals surface area contributed by atoms with E-state index in [1.54, 1.807) is 18.2 Å². The van der Waals surface area contributed by atoms with Crippen LogP contribution in [0.4, 0.5) is 0 Å². The molecule has 0 bridgehead atoms. The summed E-state index contributed by atoms with van der Waals surface area (Å²) in [5.74, 6) is 0. The first-order chi connectivity index (χ1) is 4.85. The maximum absolute atomic E-state index is 8.22. The van der Waals surface area contributed by atoms with E-state index in [2.05, 4.69) is 11.9 Å². The van der Waals surface area contributed by atoms with Crippen LogP contribution in [0.1, 0.15) is 0 Å². The Morgan fingerprint density at radius 1 is 1.50 bits per heavy atom. The first kappa shape index (κ1) is 8.26. The average molecular weight is 133 g/mol. The standard InChI is InChI=1S/C7H7N3/c1-2-3-10-6-7(4-8)5-9/h2,6,10H,1,3H2. The van der Waals surface area contributed by atoms with Crippen LogP contribution in [0.25, 0.3) is 0 Å². The third-order valence-corrected chi connectivity index (χ3v) is 0.749. The van der Waals surface area contributed by atoms with Gasteiger partial charge in [0.15, 0.2) is 0 Å². The molecule has 0 aromatic heterocycles. The van der Waals surface area contributed by atoms with E-state index in [1.165, 1.54) is 6.20 Å². The largest absolute Gasteiger partial charge is 0.386 e. The second kappa shape index (κ2) is 5.40. The zero-order valence-electron chi connectivity index (χ0n) is 5.46. The minimum absolute atomic E-state index is 0.0712. The van der Waals surface area contributed by atoms with E-state index >= 15 is 0 Å². The quantitative estimate of drug-likeness (QED) is 0.350. The number of nitrogens with zero attached hydrogens (tertiary/aromatic N) is 2. The van der Waals surface area contributed by atoms with E-state index in [1.807, 2.05) is 0 Å². The summed E-state index contributed by atoms with van der Waals surface area (Å²) >= 11 is 0. The van der Waals surface area contributed by atoms with Crippen molar-refractivity contribution in [3.8, 4) is 12.1 Å². The highest BCUT2D eigenvalue weighted by Gasteiger charge is 1.86. The van der Waals surface area contributed by atoms with Crippen LogP contribution in [-0.2, 0) is 0 Å². The second-order valence-electron chi connectivity index (χ2n) is 1.48. The van der Waals surface area contributed by atoms with Gasteiger partial charge in [0.05, 0.1) is 0 Å². The van der Waals surface area contributed by atoms with Crippen molar-refractivity contribution < 1.29 is 0 Å². The van der Waals surface area contributed by atoms with Crippen molar-refractivity contribution in [3.05, 3.63) is 24.4 Å². The summed E-state index contributed by atoms with van der Waals surface area (Å²) in [6, 6.07) is 3.43. The van der Waals surface area contributed by atoms with Crippen LogP contribution in [0.15, 0.2) is 24.4 Å². The molecule has 0 amide bonds. The molecular formula is C7H7N3.